The van der Waals surface area contributed by atoms with Crippen LogP contribution in [0, 0.1) is 6.92 Å². The number of sulfonamides is 1. The van der Waals surface area contributed by atoms with Crippen molar-refractivity contribution < 1.29 is 22.7 Å². The van der Waals surface area contributed by atoms with Gasteiger partial charge in [0.15, 0.2) is 11.5 Å². The van der Waals surface area contributed by atoms with Crippen LogP contribution in [0.2, 0.25) is 5.02 Å². The number of carbonyl (C=O) groups is 1. The Morgan fingerprint density at radius 1 is 0.938 bits per heavy atom. The van der Waals surface area contributed by atoms with Gasteiger partial charge >= 0.3 is 0 Å². The number of hydrogen-bond donors (Lipinski definition) is 1. The molecule has 9 heteroatoms. The number of carbonyl (C=O) groups excluding carboxylic acids is 1. The van der Waals surface area contributed by atoms with Crippen molar-refractivity contribution in [2.75, 3.05) is 30.4 Å². The number of benzene rings is 3. The van der Waals surface area contributed by atoms with E-state index < -0.39 is 22.5 Å². The molecule has 0 radical (unpaired) electrons. The van der Waals surface area contributed by atoms with E-state index >= 15 is 0 Å². The number of ether oxygens (including phenoxy) is 2. The fourth-order valence-electron chi connectivity index (χ4n) is 2.99. The molecular weight excluding hydrogens is 452 g/mol. The molecule has 0 aliphatic heterocycles. The molecule has 0 saturated carbocycles. The molecule has 3 rings (SSSR count). The Morgan fingerprint density at radius 3 is 2.16 bits per heavy atom. The third-order valence-electron chi connectivity index (χ3n) is 4.68. The van der Waals surface area contributed by atoms with E-state index in [1.165, 1.54) is 32.4 Å². The van der Waals surface area contributed by atoms with Gasteiger partial charge in [-0.15, -0.1) is 0 Å². The molecule has 0 bridgehead atoms. The summed E-state index contributed by atoms with van der Waals surface area (Å²) in [6.45, 7) is 1.50. The summed E-state index contributed by atoms with van der Waals surface area (Å²) in [6.07, 6.45) is 0. The van der Waals surface area contributed by atoms with Gasteiger partial charge in [-0.3, -0.25) is 9.10 Å². The van der Waals surface area contributed by atoms with Crippen LogP contribution in [0.25, 0.3) is 0 Å². The van der Waals surface area contributed by atoms with Crippen molar-refractivity contribution in [3.05, 3.63) is 77.3 Å². The lowest BCUT2D eigenvalue weighted by molar-refractivity contribution is -0.114. The Morgan fingerprint density at radius 2 is 1.56 bits per heavy atom. The molecule has 3 aromatic carbocycles. The summed E-state index contributed by atoms with van der Waals surface area (Å²) >= 11 is 5.97. The highest BCUT2D eigenvalue weighted by atomic mass is 35.5. The molecule has 0 unspecified atom stereocenters. The van der Waals surface area contributed by atoms with Crippen molar-refractivity contribution in [1.82, 2.24) is 0 Å². The predicted octanol–water partition coefficient (Wildman–Crippen LogP) is 4.50. The second-order valence-corrected chi connectivity index (χ2v) is 9.22. The molecular formula is C23H23ClN2O5S. The van der Waals surface area contributed by atoms with E-state index in [1.54, 1.807) is 36.4 Å². The van der Waals surface area contributed by atoms with E-state index in [4.69, 9.17) is 21.1 Å². The Labute approximate surface area is 192 Å². The summed E-state index contributed by atoms with van der Waals surface area (Å²) in [5, 5.41) is 3.17. The van der Waals surface area contributed by atoms with Gasteiger partial charge in [-0.25, -0.2) is 8.42 Å². The van der Waals surface area contributed by atoms with Gasteiger partial charge in [0.05, 0.1) is 24.8 Å². The van der Waals surface area contributed by atoms with Gasteiger partial charge in [-0.2, -0.15) is 0 Å². The number of hydrogen-bond acceptors (Lipinski definition) is 5. The summed E-state index contributed by atoms with van der Waals surface area (Å²) in [5.41, 5.74) is 1.91. The number of halogens is 1. The van der Waals surface area contributed by atoms with Crippen LogP contribution in [-0.2, 0) is 14.8 Å². The van der Waals surface area contributed by atoms with Gasteiger partial charge in [0.1, 0.15) is 6.54 Å². The van der Waals surface area contributed by atoms with E-state index in [0.717, 1.165) is 9.87 Å². The van der Waals surface area contributed by atoms with E-state index in [1.807, 2.05) is 19.1 Å². The minimum atomic E-state index is -4.12. The first-order valence-corrected chi connectivity index (χ1v) is 11.4. The van der Waals surface area contributed by atoms with E-state index in [2.05, 4.69) is 5.32 Å². The zero-order chi connectivity index (χ0) is 23.3. The minimum absolute atomic E-state index is 0.0479. The molecule has 0 spiro atoms. The van der Waals surface area contributed by atoms with E-state index in [-0.39, 0.29) is 10.6 Å². The standard InChI is InChI=1S/C23H23ClN2O5S/c1-16-4-8-18(9-5-16)25-23(27)15-26(19-10-6-17(24)7-11-19)32(28,29)20-12-13-21(30-2)22(14-20)31-3/h4-14H,15H2,1-3H3,(H,25,27). The van der Waals surface area contributed by atoms with Crippen molar-refractivity contribution in [3.8, 4) is 11.5 Å². The molecule has 0 saturated heterocycles. The highest BCUT2D eigenvalue weighted by molar-refractivity contribution is 7.92. The molecule has 0 aromatic heterocycles. The molecule has 0 aliphatic carbocycles. The molecule has 3 aromatic rings. The first-order valence-electron chi connectivity index (χ1n) is 9.61. The third kappa shape index (κ3) is 5.33. The lowest BCUT2D eigenvalue weighted by atomic mass is 10.2. The molecule has 168 valence electrons. The Bertz CT molecular complexity index is 1200. The van der Waals surface area contributed by atoms with Crippen LogP contribution in [0.3, 0.4) is 0 Å². The zero-order valence-electron chi connectivity index (χ0n) is 17.8. The van der Waals surface area contributed by atoms with Crippen LogP contribution in [0.4, 0.5) is 11.4 Å². The minimum Gasteiger partial charge on any atom is -0.493 e. The van der Waals surface area contributed by atoms with Gasteiger partial charge in [-0.05, 0) is 55.5 Å². The zero-order valence-corrected chi connectivity index (χ0v) is 19.4. The third-order valence-corrected chi connectivity index (χ3v) is 6.70. The first kappa shape index (κ1) is 23.4. The normalized spacial score (nSPS) is 11.0. The summed E-state index contributed by atoms with van der Waals surface area (Å²) < 4.78 is 38.5. The SMILES string of the molecule is COc1ccc(S(=O)(=O)N(CC(=O)Nc2ccc(C)cc2)c2ccc(Cl)cc2)cc1OC. The van der Waals surface area contributed by atoms with Crippen molar-refractivity contribution in [2.45, 2.75) is 11.8 Å². The van der Waals surface area contributed by atoms with Crippen LogP contribution in [0.5, 0.6) is 11.5 Å². The molecule has 1 amide bonds. The largest absolute Gasteiger partial charge is 0.493 e. The highest BCUT2D eigenvalue weighted by Gasteiger charge is 2.28. The lowest BCUT2D eigenvalue weighted by Crippen LogP contribution is -2.38. The van der Waals surface area contributed by atoms with Crippen molar-refractivity contribution in [1.29, 1.82) is 0 Å². The van der Waals surface area contributed by atoms with Crippen molar-refractivity contribution in [3.63, 3.8) is 0 Å². The Kier molecular flexibility index (Phi) is 7.27. The number of rotatable bonds is 8. The summed E-state index contributed by atoms with van der Waals surface area (Å²) in [4.78, 5) is 12.7. The molecule has 1 N–H and O–H groups in total. The second kappa shape index (κ2) is 9.93. The van der Waals surface area contributed by atoms with Crippen LogP contribution in [0.1, 0.15) is 5.56 Å². The average Bonchev–Trinajstić information content (AvgIpc) is 2.79. The molecule has 0 fully saturated rings. The van der Waals surface area contributed by atoms with Gasteiger partial charge in [-0.1, -0.05) is 29.3 Å². The van der Waals surface area contributed by atoms with Crippen LogP contribution in [-0.4, -0.2) is 35.1 Å². The maximum Gasteiger partial charge on any atom is 0.264 e. The lowest BCUT2D eigenvalue weighted by Gasteiger charge is -2.24. The number of methoxy groups -OCH3 is 2. The smallest absolute Gasteiger partial charge is 0.264 e. The molecule has 7 nitrogen and oxygen atoms in total. The number of aryl methyl sites for hydroxylation is 1. The number of nitrogens with zero attached hydrogens (tertiary/aromatic N) is 1. The molecule has 32 heavy (non-hydrogen) atoms. The van der Waals surface area contributed by atoms with Gasteiger partial charge in [0, 0.05) is 16.8 Å². The molecule has 0 atom stereocenters. The van der Waals surface area contributed by atoms with E-state index in [9.17, 15) is 13.2 Å². The molecule has 0 heterocycles. The maximum absolute atomic E-state index is 13.5. The number of amides is 1. The van der Waals surface area contributed by atoms with Crippen molar-refractivity contribution in [2.24, 2.45) is 0 Å². The topological polar surface area (TPSA) is 84.9 Å². The Hall–Kier alpha value is -3.23. The summed E-state index contributed by atoms with van der Waals surface area (Å²) in [5.74, 6) is 0.156. The fourth-order valence-corrected chi connectivity index (χ4v) is 4.56. The maximum atomic E-state index is 13.5. The second-order valence-electron chi connectivity index (χ2n) is 6.92. The van der Waals surface area contributed by atoms with Crippen LogP contribution < -0.4 is 19.1 Å². The molecule has 0 aliphatic rings. The van der Waals surface area contributed by atoms with Crippen molar-refractivity contribution >= 4 is 38.9 Å². The first-order chi connectivity index (χ1) is 15.2. The van der Waals surface area contributed by atoms with Gasteiger partial charge in [0.25, 0.3) is 10.0 Å². The average molecular weight is 475 g/mol. The van der Waals surface area contributed by atoms with Crippen LogP contribution in [0.15, 0.2) is 71.6 Å². The van der Waals surface area contributed by atoms with Gasteiger partial charge < -0.3 is 14.8 Å². The Balaban J connectivity index is 1.97. The summed E-state index contributed by atoms with van der Waals surface area (Å²) in [7, 11) is -1.25. The predicted molar refractivity (Wildman–Crippen MR) is 125 cm³/mol. The monoisotopic (exact) mass is 474 g/mol. The number of anilines is 2. The van der Waals surface area contributed by atoms with E-state index in [0.29, 0.717) is 22.1 Å². The number of nitrogens with one attached hydrogen (secondary N) is 1. The van der Waals surface area contributed by atoms with Gasteiger partial charge in [0.2, 0.25) is 5.91 Å². The fraction of sp³-hybridized carbons (Fsp3) is 0.174. The summed E-state index contributed by atoms with van der Waals surface area (Å²) in [6, 6.07) is 17.7. The van der Waals surface area contributed by atoms with Crippen LogP contribution >= 0.6 is 11.6 Å². The highest BCUT2D eigenvalue weighted by Crippen LogP contribution is 2.32. The quantitative estimate of drug-likeness (QED) is 0.519.